The van der Waals surface area contributed by atoms with Crippen molar-refractivity contribution in [2.24, 2.45) is 5.92 Å². The lowest BCUT2D eigenvalue weighted by Gasteiger charge is -2.24. The fourth-order valence-corrected chi connectivity index (χ4v) is 5.13. The molecule has 1 amide bonds. The van der Waals surface area contributed by atoms with Crippen molar-refractivity contribution >= 4 is 22.9 Å². The van der Waals surface area contributed by atoms with E-state index in [9.17, 15) is 14.7 Å². The van der Waals surface area contributed by atoms with Crippen LogP contribution in [0.15, 0.2) is 42.6 Å². The lowest BCUT2D eigenvalue weighted by molar-refractivity contribution is -0.142. The fourth-order valence-electron chi connectivity index (χ4n) is 5.13. The predicted octanol–water partition coefficient (Wildman–Crippen LogP) is 4.00. The molecule has 2 N–H and O–H groups in total. The lowest BCUT2D eigenvalue weighted by atomic mass is 9.95. The highest BCUT2D eigenvalue weighted by Gasteiger charge is 2.21. The summed E-state index contributed by atoms with van der Waals surface area (Å²) in [5, 5.41) is 12.8. The van der Waals surface area contributed by atoms with Gasteiger partial charge in [-0.3, -0.25) is 19.6 Å². The van der Waals surface area contributed by atoms with E-state index in [-0.39, 0.29) is 5.91 Å². The summed E-state index contributed by atoms with van der Waals surface area (Å²) in [5.74, 6) is -1.42. The number of carbonyl (C=O) groups is 2. The zero-order valence-electron chi connectivity index (χ0n) is 22.4. The van der Waals surface area contributed by atoms with Crippen LogP contribution in [0.5, 0.6) is 0 Å². The molecular formula is C30H39N5O3. The van der Waals surface area contributed by atoms with E-state index >= 15 is 0 Å². The van der Waals surface area contributed by atoms with Crippen molar-refractivity contribution in [1.82, 2.24) is 25.2 Å². The number of fused-ring (bicyclic) bond motifs is 2. The molecule has 0 unspecified atom stereocenters. The molecule has 2 heterocycles. The van der Waals surface area contributed by atoms with Crippen LogP contribution in [0.4, 0.5) is 0 Å². The maximum Gasteiger partial charge on any atom is 0.306 e. The molecule has 1 aromatic carbocycles. The molecule has 4 rings (SSSR count). The van der Waals surface area contributed by atoms with Gasteiger partial charge < -0.3 is 15.3 Å². The molecular weight excluding hydrogens is 478 g/mol. The number of para-hydroxylation sites is 2. The standard InChI is InChI=1S/C30H39N5O3/c1-22(36)31-16-19-35(17-7-6-9-25-14-13-23-8-2-3-10-27(23)33-25)18-15-24(30(37)38)20-26-21-32-28-11-4-5-12-29(28)34-26/h4-5,11-14,21,24H,2-3,6-10,15-20H2,1H3,(H,31,36)(H,37,38)/t24-/m1/s1. The van der Waals surface area contributed by atoms with E-state index in [2.05, 4.69) is 32.3 Å². The minimum Gasteiger partial charge on any atom is -0.481 e. The summed E-state index contributed by atoms with van der Waals surface area (Å²) in [6.45, 7) is 4.26. The summed E-state index contributed by atoms with van der Waals surface area (Å²) in [5.41, 5.74) is 6.13. The van der Waals surface area contributed by atoms with E-state index in [0.29, 0.717) is 38.2 Å². The summed E-state index contributed by atoms with van der Waals surface area (Å²) < 4.78 is 0. The average Bonchev–Trinajstić information content (AvgIpc) is 2.92. The second kappa shape index (κ2) is 14.0. The molecule has 0 fully saturated rings. The van der Waals surface area contributed by atoms with Crippen molar-refractivity contribution < 1.29 is 14.7 Å². The average molecular weight is 518 g/mol. The Bertz CT molecular complexity index is 1230. The summed E-state index contributed by atoms with van der Waals surface area (Å²) >= 11 is 0. The van der Waals surface area contributed by atoms with Gasteiger partial charge in [-0.1, -0.05) is 18.2 Å². The Labute approximate surface area is 224 Å². The van der Waals surface area contributed by atoms with Gasteiger partial charge in [0.1, 0.15) is 0 Å². The number of carboxylic acid groups (broad SMARTS) is 1. The maximum atomic E-state index is 12.1. The molecule has 1 aliphatic carbocycles. The van der Waals surface area contributed by atoms with Gasteiger partial charge in [-0.2, -0.15) is 0 Å². The van der Waals surface area contributed by atoms with Crippen LogP contribution in [0.3, 0.4) is 0 Å². The third-order valence-electron chi connectivity index (χ3n) is 7.29. The van der Waals surface area contributed by atoms with Crippen LogP contribution in [0.1, 0.15) is 61.7 Å². The van der Waals surface area contributed by atoms with Crippen LogP contribution in [0.25, 0.3) is 11.0 Å². The van der Waals surface area contributed by atoms with E-state index in [4.69, 9.17) is 4.98 Å². The Morgan fingerprint density at radius 3 is 2.61 bits per heavy atom. The third kappa shape index (κ3) is 8.31. The van der Waals surface area contributed by atoms with E-state index < -0.39 is 11.9 Å². The first-order chi connectivity index (χ1) is 18.5. The molecule has 8 nitrogen and oxygen atoms in total. The smallest absolute Gasteiger partial charge is 0.306 e. The van der Waals surface area contributed by atoms with Crippen molar-refractivity contribution in [2.75, 3.05) is 26.2 Å². The fraction of sp³-hybridized carbons (Fsp3) is 0.500. The third-order valence-corrected chi connectivity index (χ3v) is 7.29. The van der Waals surface area contributed by atoms with Crippen LogP contribution in [0.2, 0.25) is 0 Å². The Kier molecular flexibility index (Phi) is 10.1. The van der Waals surface area contributed by atoms with Gasteiger partial charge in [0.05, 0.1) is 22.6 Å². The lowest BCUT2D eigenvalue weighted by Crippen LogP contribution is -2.36. The van der Waals surface area contributed by atoms with Crippen molar-refractivity contribution in [3.63, 3.8) is 0 Å². The number of carbonyl (C=O) groups excluding carboxylic acids is 1. The number of amides is 1. The highest BCUT2D eigenvalue weighted by atomic mass is 16.4. The number of nitrogens with zero attached hydrogens (tertiary/aromatic N) is 4. The Hall–Kier alpha value is -3.39. The van der Waals surface area contributed by atoms with Crippen molar-refractivity contribution in [3.05, 3.63) is 65.2 Å². The molecule has 8 heteroatoms. The summed E-state index contributed by atoms with van der Waals surface area (Å²) in [6.07, 6.45) is 10.2. The highest BCUT2D eigenvalue weighted by molar-refractivity contribution is 5.74. The largest absolute Gasteiger partial charge is 0.481 e. The zero-order valence-corrected chi connectivity index (χ0v) is 22.4. The number of nitrogens with one attached hydrogen (secondary N) is 1. The van der Waals surface area contributed by atoms with Crippen LogP contribution in [0, 0.1) is 5.92 Å². The molecule has 0 radical (unpaired) electrons. The molecule has 0 aliphatic heterocycles. The van der Waals surface area contributed by atoms with E-state index in [0.717, 1.165) is 55.4 Å². The minimum absolute atomic E-state index is 0.0540. The van der Waals surface area contributed by atoms with Gasteiger partial charge in [-0.05, 0) is 88.2 Å². The van der Waals surface area contributed by atoms with Gasteiger partial charge in [0, 0.05) is 44.0 Å². The zero-order chi connectivity index (χ0) is 26.7. The minimum atomic E-state index is -0.819. The van der Waals surface area contributed by atoms with Crippen molar-refractivity contribution in [2.45, 2.75) is 64.7 Å². The van der Waals surface area contributed by atoms with Gasteiger partial charge in [0.2, 0.25) is 5.91 Å². The van der Waals surface area contributed by atoms with Gasteiger partial charge >= 0.3 is 5.97 Å². The molecule has 0 spiro atoms. The highest BCUT2D eigenvalue weighted by Crippen LogP contribution is 2.20. The Balaban J connectivity index is 1.29. The number of aromatic nitrogens is 3. The molecule has 2 aromatic heterocycles. The number of aryl methyl sites for hydroxylation is 3. The number of aliphatic carboxylic acids is 1. The topological polar surface area (TPSA) is 108 Å². The van der Waals surface area contributed by atoms with E-state index in [1.807, 2.05) is 24.3 Å². The van der Waals surface area contributed by atoms with Crippen LogP contribution in [-0.4, -0.2) is 63.0 Å². The summed E-state index contributed by atoms with van der Waals surface area (Å²) in [6, 6.07) is 12.0. The van der Waals surface area contributed by atoms with Gasteiger partial charge in [0.25, 0.3) is 0 Å². The van der Waals surface area contributed by atoms with Gasteiger partial charge in [-0.15, -0.1) is 0 Å². The monoisotopic (exact) mass is 517 g/mol. The number of unbranched alkanes of at least 4 members (excludes halogenated alkanes) is 1. The van der Waals surface area contributed by atoms with Crippen LogP contribution >= 0.6 is 0 Å². The Morgan fingerprint density at radius 2 is 1.79 bits per heavy atom. The van der Waals surface area contributed by atoms with E-state index in [1.54, 1.807) is 6.20 Å². The molecule has 0 saturated carbocycles. The predicted molar refractivity (Wildman–Crippen MR) is 148 cm³/mol. The number of benzene rings is 1. The van der Waals surface area contributed by atoms with Gasteiger partial charge in [0.15, 0.2) is 0 Å². The molecule has 0 bridgehead atoms. The number of hydrogen-bond acceptors (Lipinski definition) is 6. The number of hydrogen-bond donors (Lipinski definition) is 2. The quantitative estimate of drug-likeness (QED) is 0.311. The summed E-state index contributed by atoms with van der Waals surface area (Å²) in [7, 11) is 0. The van der Waals surface area contributed by atoms with Crippen LogP contribution < -0.4 is 5.32 Å². The summed E-state index contributed by atoms with van der Waals surface area (Å²) in [4.78, 5) is 39.7. The molecule has 202 valence electrons. The Morgan fingerprint density at radius 1 is 0.974 bits per heavy atom. The molecule has 1 atom stereocenters. The van der Waals surface area contributed by atoms with Gasteiger partial charge in [-0.25, -0.2) is 4.98 Å². The molecule has 1 aliphatic rings. The number of rotatable bonds is 14. The first-order valence-electron chi connectivity index (χ1n) is 13.9. The van der Waals surface area contributed by atoms with E-state index in [1.165, 1.54) is 31.0 Å². The number of pyridine rings is 1. The SMILES string of the molecule is CC(=O)NCCN(CCCCc1ccc2c(n1)CCCC2)CC[C@H](Cc1cnc2ccccc2n1)C(=O)O. The molecule has 0 saturated heterocycles. The van der Waals surface area contributed by atoms with Crippen molar-refractivity contribution in [1.29, 1.82) is 0 Å². The molecule has 3 aromatic rings. The second-order valence-corrected chi connectivity index (χ2v) is 10.3. The normalized spacial score (nSPS) is 13.8. The first kappa shape index (κ1) is 27.6. The van der Waals surface area contributed by atoms with Crippen molar-refractivity contribution in [3.8, 4) is 0 Å². The second-order valence-electron chi connectivity index (χ2n) is 10.3. The first-order valence-corrected chi connectivity index (χ1v) is 13.9. The molecule has 38 heavy (non-hydrogen) atoms. The number of carboxylic acids is 1. The van der Waals surface area contributed by atoms with Crippen LogP contribution in [-0.2, 0) is 35.3 Å². The maximum absolute atomic E-state index is 12.1.